The van der Waals surface area contributed by atoms with Gasteiger partial charge in [0.25, 0.3) is 0 Å². The highest BCUT2D eigenvalue weighted by Gasteiger charge is 2.34. The molecule has 1 aromatic rings. The first-order valence-corrected chi connectivity index (χ1v) is 9.48. The van der Waals surface area contributed by atoms with E-state index in [2.05, 4.69) is 15.6 Å². The number of aliphatic hydroxyl groups excluding tert-OH is 1. The average molecular weight is 379 g/mol. The van der Waals surface area contributed by atoms with Crippen LogP contribution in [0.1, 0.15) is 19.8 Å². The number of fused-ring (bicyclic) bond motifs is 1. The third-order valence-corrected chi connectivity index (χ3v) is 4.75. The number of hydrogen-bond acceptors (Lipinski definition) is 6. The number of nitrogens with one attached hydrogen (secondary N) is 2. The number of hydrogen-bond donors (Lipinski definition) is 3. The van der Waals surface area contributed by atoms with E-state index in [1.165, 1.54) is 0 Å². The number of rotatable bonds is 9. The third-order valence-electron chi connectivity index (χ3n) is 4.75. The summed E-state index contributed by atoms with van der Waals surface area (Å²) >= 11 is 0. The number of aliphatic hydroxyl groups is 1. The molecule has 0 amide bonds. The Balaban J connectivity index is 1.46. The Labute approximate surface area is 159 Å². The van der Waals surface area contributed by atoms with Gasteiger partial charge in [-0.05, 0) is 31.9 Å². The molecular formula is C19H29N3O5. The van der Waals surface area contributed by atoms with Crippen LogP contribution >= 0.6 is 0 Å². The van der Waals surface area contributed by atoms with Crippen molar-refractivity contribution in [1.82, 2.24) is 10.6 Å². The van der Waals surface area contributed by atoms with Crippen LogP contribution in [0.25, 0.3) is 0 Å². The van der Waals surface area contributed by atoms with Crippen molar-refractivity contribution in [2.45, 2.75) is 19.8 Å². The van der Waals surface area contributed by atoms with Crippen LogP contribution in [0, 0.1) is 5.41 Å². The minimum Gasteiger partial charge on any atom is -0.492 e. The van der Waals surface area contributed by atoms with Crippen LogP contribution in [0.15, 0.2) is 23.2 Å². The summed E-state index contributed by atoms with van der Waals surface area (Å²) in [5.74, 6) is 2.95. The van der Waals surface area contributed by atoms with Crippen LogP contribution in [-0.2, 0) is 4.74 Å². The lowest BCUT2D eigenvalue weighted by atomic mass is 9.84. The maximum Gasteiger partial charge on any atom is 0.231 e. The van der Waals surface area contributed by atoms with Gasteiger partial charge in [-0.3, -0.25) is 4.99 Å². The van der Waals surface area contributed by atoms with E-state index in [9.17, 15) is 5.11 Å². The zero-order valence-corrected chi connectivity index (χ0v) is 15.8. The molecule has 1 fully saturated rings. The summed E-state index contributed by atoms with van der Waals surface area (Å²) in [6.45, 7) is 6.36. The first kappa shape index (κ1) is 19.6. The van der Waals surface area contributed by atoms with Crippen LogP contribution in [0.4, 0.5) is 0 Å². The maximum atomic E-state index is 9.33. The summed E-state index contributed by atoms with van der Waals surface area (Å²) in [4.78, 5) is 4.69. The maximum absolute atomic E-state index is 9.33. The zero-order chi connectivity index (χ0) is 19.0. The molecule has 0 spiro atoms. The molecule has 2 aliphatic rings. The summed E-state index contributed by atoms with van der Waals surface area (Å²) in [6, 6.07) is 5.55. The lowest BCUT2D eigenvalue weighted by Crippen LogP contribution is -2.40. The molecular weight excluding hydrogens is 350 g/mol. The largest absolute Gasteiger partial charge is 0.492 e. The van der Waals surface area contributed by atoms with E-state index in [0.29, 0.717) is 38.5 Å². The fourth-order valence-electron chi connectivity index (χ4n) is 3.18. The van der Waals surface area contributed by atoms with Crippen LogP contribution in [-0.4, -0.2) is 63.9 Å². The monoisotopic (exact) mass is 379 g/mol. The van der Waals surface area contributed by atoms with Crippen molar-refractivity contribution in [3.63, 3.8) is 0 Å². The highest BCUT2D eigenvalue weighted by Crippen LogP contribution is 2.35. The smallest absolute Gasteiger partial charge is 0.231 e. The molecule has 1 saturated heterocycles. The van der Waals surface area contributed by atoms with Crippen molar-refractivity contribution >= 4 is 5.96 Å². The molecule has 8 heteroatoms. The van der Waals surface area contributed by atoms with Crippen LogP contribution in [0.2, 0.25) is 0 Å². The second-order valence-corrected chi connectivity index (χ2v) is 6.76. The van der Waals surface area contributed by atoms with Gasteiger partial charge in [0.15, 0.2) is 17.5 Å². The molecule has 0 aromatic heterocycles. The SMILES string of the molecule is CCNC(=NCC1(CCO)CCOC1)NCCOc1ccc2c(c1)OCO2. The Morgan fingerprint density at radius 1 is 1.30 bits per heavy atom. The molecule has 0 bridgehead atoms. The van der Waals surface area contributed by atoms with E-state index in [-0.39, 0.29) is 18.8 Å². The van der Waals surface area contributed by atoms with Crippen LogP contribution in [0.5, 0.6) is 17.2 Å². The molecule has 0 saturated carbocycles. The summed E-state index contributed by atoms with van der Waals surface area (Å²) in [5, 5.41) is 15.9. The van der Waals surface area contributed by atoms with Gasteiger partial charge >= 0.3 is 0 Å². The Morgan fingerprint density at radius 2 is 2.19 bits per heavy atom. The first-order valence-electron chi connectivity index (χ1n) is 9.48. The van der Waals surface area contributed by atoms with Crippen molar-refractivity contribution in [1.29, 1.82) is 0 Å². The predicted octanol–water partition coefficient (Wildman–Crippen LogP) is 1.14. The predicted molar refractivity (Wildman–Crippen MR) is 102 cm³/mol. The molecule has 2 heterocycles. The van der Waals surface area contributed by atoms with Gasteiger partial charge in [-0.25, -0.2) is 0 Å². The molecule has 1 atom stereocenters. The molecule has 2 aliphatic heterocycles. The average Bonchev–Trinajstić information content (AvgIpc) is 3.33. The van der Waals surface area contributed by atoms with Gasteiger partial charge in [-0.2, -0.15) is 0 Å². The summed E-state index contributed by atoms with van der Waals surface area (Å²) in [6.07, 6.45) is 1.65. The molecule has 0 aliphatic carbocycles. The second kappa shape index (κ2) is 9.66. The van der Waals surface area contributed by atoms with Gasteiger partial charge in [0.2, 0.25) is 6.79 Å². The van der Waals surface area contributed by atoms with Crippen molar-refractivity contribution in [3.8, 4) is 17.2 Å². The standard InChI is InChI=1S/C19H29N3O5/c1-2-20-18(22-12-19(5-8-23)6-9-24-13-19)21-7-10-25-15-3-4-16-17(11-15)27-14-26-16/h3-4,11,23H,2,5-10,12-14H2,1H3,(H2,20,21,22). The summed E-state index contributed by atoms with van der Waals surface area (Å²) in [5.41, 5.74) is -0.0555. The number of benzene rings is 1. The molecule has 3 rings (SSSR count). The van der Waals surface area contributed by atoms with E-state index in [1.54, 1.807) is 0 Å². The molecule has 27 heavy (non-hydrogen) atoms. The quantitative estimate of drug-likeness (QED) is 0.336. The molecule has 1 aromatic carbocycles. The molecule has 150 valence electrons. The van der Waals surface area contributed by atoms with Crippen molar-refractivity contribution in [2.75, 3.05) is 52.9 Å². The Morgan fingerprint density at radius 3 is 2.96 bits per heavy atom. The van der Waals surface area contributed by atoms with Gasteiger partial charge in [-0.1, -0.05) is 0 Å². The molecule has 3 N–H and O–H groups in total. The zero-order valence-electron chi connectivity index (χ0n) is 15.8. The third kappa shape index (κ3) is 5.40. The van der Waals surface area contributed by atoms with Crippen molar-refractivity contribution in [2.24, 2.45) is 10.4 Å². The topological polar surface area (TPSA) is 93.6 Å². The Hall–Kier alpha value is -2.19. The second-order valence-electron chi connectivity index (χ2n) is 6.76. The Kier molecular flexibility index (Phi) is 7.00. The lowest BCUT2D eigenvalue weighted by Gasteiger charge is -2.24. The first-order chi connectivity index (χ1) is 13.2. The number of ether oxygens (including phenoxy) is 4. The van der Waals surface area contributed by atoms with E-state index in [4.69, 9.17) is 18.9 Å². The van der Waals surface area contributed by atoms with E-state index < -0.39 is 0 Å². The molecule has 8 nitrogen and oxygen atoms in total. The summed E-state index contributed by atoms with van der Waals surface area (Å²) in [7, 11) is 0. The van der Waals surface area contributed by atoms with Crippen LogP contribution in [0.3, 0.4) is 0 Å². The van der Waals surface area contributed by atoms with E-state index >= 15 is 0 Å². The molecule has 0 radical (unpaired) electrons. The molecule has 1 unspecified atom stereocenters. The minimum atomic E-state index is -0.0555. The van der Waals surface area contributed by atoms with Gasteiger partial charge < -0.3 is 34.7 Å². The van der Waals surface area contributed by atoms with Gasteiger partial charge in [0.05, 0.1) is 19.7 Å². The minimum absolute atomic E-state index is 0.0555. The van der Waals surface area contributed by atoms with Crippen molar-refractivity contribution < 1.29 is 24.1 Å². The van der Waals surface area contributed by atoms with Gasteiger partial charge in [-0.15, -0.1) is 0 Å². The highest BCUT2D eigenvalue weighted by atomic mass is 16.7. The number of nitrogens with zero attached hydrogens (tertiary/aromatic N) is 1. The number of aliphatic imine (C=N–C) groups is 1. The van der Waals surface area contributed by atoms with Gasteiger partial charge in [0.1, 0.15) is 12.4 Å². The highest BCUT2D eigenvalue weighted by molar-refractivity contribution is 5.79. The Bertz CT molecular complexity index is 632. The van der Waals surface area contributed by atoms with E-state index in [1.807, 2.05) is 25.1 Å². The fraction of sp³-hybridized carbons (Fsp3) is 0.632. The van der Waals surface area contributed by atoms with Crippen molar-refractivity contribution in [3.05, 3.63) is 18.2 Å². The van der Waals surface area contributed by atoms with Gasteiger partial charge in [0, 0.05) is 31.2 Å². The van der Waals surface area contributed by atoms with Crippen LogP contribution < -0.4 is 24.8 Å². The van der Waals surface area contributed by atoms with E-state index in [0.717, 1.165) is 37.0 Å². The number of guanidine groups is 1. The summed E-state index contributed by atoms with van der Waals surface area (Å²) < 4.78 is 21.9. The normalized spacial score (nSPS) is 21.3. The lowest BCUT2D eigenvalue weighted by molar-refractivity contribution is 0.131. The fourth-order valence-corrected chi connectivity index (χ4v) is 3.18.